The van der Waals surface area contributed by atoms with Gasteiger partial charge >= 0.3 is 0 Å². The largest absolute Gasteiger partial charge is 0.372 e. The highest BCUT2D eigenvalue weighted by molar-refractivity contribution is 6.96. The maximum atomic E-state index is 14.4. The molecule has 6 aromatic rings. The van der Waals surface area contributed by atoms with E-state index in [1.807, 2.05) is 6.34 Å². The molecule has 1 heterocycles. The number of unbranched alkanes of at least 4 members (excludes halogenated alkanes) is 28. The van der Waals surface area contributed by atoms with Crippen molar-refractivity contribution in [3.05, 3.63) is 175 Å². The SMILES string of the molecule is CCCCCCCCCCCCCCCCCC1N=CNC1CCCCCCCCCCCCCCCCC.Fc1c(F)c(F)c(B(c2c(F)c(F)c(F)c(F)c2F)c2c(F)c(F)c(F)c(F)c2F)c(F)c1F.Fc1c(F)c(F)c(B(c2c(F)c(F)c(F)c(F)c2F)c2c(F)c(F)c(F)c(F)c2F)c(F)c1F. The van der Waals surface area contributed by atoms with Crippen molar-refractivity contribution in [2.75, 3.05) is 0 Å². The number of aliphatic imine (C=N–C) groups is 1. The molecule has 0 bridgehead atoms. The number of nitrogens with zero attached hydrogens (tertiary/aromatic N) is 1. The summed E-state index contributed by atoms with van der Waals surface area (Å²) in [5.41, 5.74) is -16.1. The van der Waals surface area contributed by atoms with Crippen LogP contribution in [0.4, 0.5) is 132 Å². The molecule has 7 rings (SSSR count). The number of halogens is 30. The van der Waals surface area contributed by atoms with Crippen LogP contribution in [-0.2, 0) is 0 Å². The summed E-state index contributed by atoms with van der Waals surface area (Å²) in [6.45, 7) is -3.31. The predicted octanol–water partition coefficient (Wildman–Crippen LogP) is 21.5. The van der Waals surface area contributed by atoms with Gasteiger partial charge in [0.1, 0.15) is 0 Å². The van der Waals surface area contributed by atoms with Crippen LogP contribution in [0.15, 0.2) is 4.99 Å². The first kappa shape index (κ1) is 90.4. The molecule has 1 aliphatic heterocycles. The zero-order valence-electron chi connectivity index (χ0n) is 57.8. The van der Waals surface area contributed by atoms with Crippen LogP contribution in [0.2, 0.25) is 0 Å². The van der Waals surface area contributed by atoms with Gasteiger partial charge in [-0.05, 0) is 12.8 Å². The Kier molecular flexibility index (Phi) is 36.6. The summed E-state index contributed by atoms with van der Waals surface area (Å²) < 4.78 is 417. The van der Waals surface area contributed by atoms with Gasteiger partial charge in [0.25, 0.3) is 13.4 Å². The quantitative estimate of drug-likeness (QED) is 0.0135. The third-order valence-electron chi connectivity index (χ3n) is 18.4. The smallest absolute Gasteiger partial charge is 0.265 e. The molecule has 0 aliphatic carbocycles. The first-order valence-electron chi connectivity index (χ1n) is 35.1. The van der Waals surface area contributed by atoms with E-state index < -0.39 is 221 Å². The average molecular weight is 1570 g/mol. The Morgan fingerprint density at radius 3 is 0.514 bits per heavy atom. The standard InChI is InChI=1S/C37H74N2.2C18BF15/c1-3-5-7-9-11-13-15-17-19-21-23-25-27-29-31-33-36-37(39-35-38-36)34-32-30-28-26-24-22-20-18-16-14-12-10-8-6-4-2;2*20-4-1(5(21)11(27)16(32)10(4)26)19(2-6(22)12(28)17(33)13(29)7(2)23)3-8(24)14(30)18(34)15(31)9(3)25/h35-37H,3-34H2,1-2H3,(H,38,39);;. The molecule has 0 saturated carbocycles. The lowest BCUT2D eigenvalue weighted by Crippen LogP contribution is -2.60. The minimum atomic E-state index is -3.96. The lowest BCUT2D eigenvalue weighted by Gasteiger charge is -2.21. The van der Waals surface area contributed by atoms with E-state index in [9.17, 15) is 132 Å². The van der Waals surface area contributed by atoms with E-state index in [1.54, 1.807) is 0 Å². The molecular weight excluding hydrogens is 1500 g/mol. The van der Waals surface area contributed by atoms with Crippen molar-refractivity contribution in [1.29, 1.82) is 0 Å². The molecule has 6 aromatic carbocycles. The number of rotatable bonds is 38. The summed E-state index contributed by atoms with van der Waals surface area (Å²) in [5, 5.41) is 3.57. The van der Waals surface area contributed by atoms with Gasteiger partial charge in [-0.15, -0.1) is 0 Å². The fourth-order valence-corrected chi connectivity index (χ4v) is 12.6. The zero-order valence-corrected chi connectivity index (χ0v) is 57.8. The highest BCUT2D eigenvalue weighted by Gasteiger charge is 2.48. The Morgan fingerprint density at radius 2 is 0.346 bits per heavy atom. The second kappa shape index (κ2) is 43.3. The molecule has 0 saturated heterocycles. The van der Waals surface area contributed by atoms with Crippen molar-refractivity contribution in [2.24, 2.45) is 4.99 Å². The van der Waals surface area contributed by atoms with Gasteiger partial charge < -0.3 is 5.32 Å². The molecule has 34 heteroatoms. The van der Waals surface area contributed by atoms with Gasteiger partial charge in [0.05, 0.1) is 12.4 Å². The van der Waals surface area contributed by atoms with Crippen molar-refractivity contribution in [2.45, 2.75) is 231 Å². The van der Waals surface area contributed by atoms with Crippen molar-refractivity contribution in [3.63, 3.8) is 0 Å². The second-order valence-electron chi connectivity index (χ2n) is 25.9. The molecule has 2 atom stereocenters. The first-order chi connectivity index (χ1) is 50.7. The van der Waals surface area contributed by atoms with Crippen LogP contribution >= 0.6 is 0 Å². The summed E-state index contributed by atoms with van der Waals surface area (Å²) >= 11 is 0. The molecule has 0 fully saturated rings. The zero-order chi connectivity index (χ0) is 79.8. The van der Waals surface area contributed by atoms with E-state index in [-0.39, 0.29) is 0 Å². The van der Waals surface area contributed by atoms with Crippen LogP contribution < -0.4 is 38.1 Å². The summed E-state index contributed by atoms with van der Waals surface area (Å²) in [6.07, 6.45) is 48.0. The van der Waals surface area contributed by atoms with E-state index in [1.165, 1.54) is 205 Å². The molecule has 1 N–H and O–H groups in total. The molecule has 2 unspecified atom stereocenters. The summed E-state index contributed by atoms with van der Waals surface area (Å²) in [4.78, 5) is 4.77. The highest BCUT2D eigenvalue weighted by atomic mass is 19.2. The molecule has 0 aromatic heterocycles. The second-order valence-corrected chi connectivity index (χ2v) is 25.9. The lowest BCUT2D eigenvalue weighted by atomic mass is 9.36. The third-order valence-corrected chi connectivity index (χ3v) is 18.4. The molecular formula is C73H74B2F30N2. The molecule has 107 heavy (non-hydrogen) atoms. The van der Waals surface area contributed by atoms with Gasteiger partial charge in [-0.2, -0.15) is 0 Å². The maximum absolute atomic E-state index is 14.4. The van der Waals surface area contributed by atoms with Crippen LogP contribution in [0.25, 0.3) is 0 Å². The van der Waals surface area contributed by atoms with Crippen molar-refractivity contribution in [3.8, 4) is 0 Å². The summed E-state index contributed by atoms with van der Waals surface area (Å²) in [5.74, 6) is -90.4. The minimum absolute atomic E-state index is 0.554. The number of hydrogen-bond donors (Lipinski definition) is 1. The van der Waals surface area contributed by atoms with Crippen molar-refractivity contribution >= 4 is 52.5 Å². The van der Waals surface area contributed by atoms with Gasteiger partial charge in [0.2, 0.25) is 0 Å². The van der Waals surface area contributed by atoms with E-state index >= 15 is 0 Å². The van der Waals surface area contributed by atoms with Gasteiger partial charge in [-0.25, -0.2) is 132 Å². The van der Waals surface area contributed by atoms with Gasteiger partial charge in [0.15, 0.2) is 175 Å². The van der Waals surface area contributed by atoms with Gasteiger partial charge in [-0.1, -0.05) is 206 Å². The third kappa shape index (κ3) is 22.1. The lowest BCUT2D eigenvalue weighted by molar-refractivity contribution is 0.380. The molecule has 0 spiro atoms. The normalized spacial score (nSPS) is 13.3. The Balaban J connectivity index is 0.000000289. The fraction of sp³-hybridized carbons (Fsp3) is 0.493. The average Bonchev–Trinajstić information content (AvgIpc) is 0.853. The number of nitrogens with one attached hydrogen (secondary N) is 1. The molecule has 2 nitrogen and oxygen atoms in total. The van der Waals surface area contributed by atoms with Crippen LogP contribution in [0.5, 0.6) is 0 Å². The van der Waals surface area contributed by atoms with Crippen LogP contribution in [0.3, 0.4) is 0 Å². The Morgan fingerprint density at radius 1 is 0.206 bits per heavy atom. The number of hydrogen-bond acceptors (Lipinski definition) is 2. The van der Waals surface area contributed by atoms with E-state index in [2.05, 4.69) is 19.2 Å². The predicted molar refractivity (Wildman–Crippen MR) is 345 cm³/mol. The topological polar surface area (TPSA) is 24.4 Å². The highest BCUT2D eigenvalue weighted by Crippen LogP contribution is 2.29. The maximum Gasteiger partial charge on any atom is 0.265 e. The molecule has 0 amide bonds. The van der Waals surface area contributed by atoms with Crippen LogP contribution in [0.1, 0.15) is 219 Å². The molecule has 1 aliphatic rings. The van der Waals surface area contributed by atoms with Gasteiger partial charge in [-0.3, -0.25) is 4.99 Å². The van der Waals surface area contributed by atoms with E-state index in [0.29, 0.717) is 12.1 Å². The number of benzene rings is 6. The van der Waals surface area contributed by atoms with Crippen molar-refractivity contribution in [1.82, 2.24) is 5.32 Å². The first-order valence-corrected chi connectivity index (χ1v) is 35.1. The summed E-state index contributed by atoms with van der Waals surface area (Å²) in [7, 11) is 0. The van der Waals surface area contributed by atoms with Crippen LogP contribution in [0, 0.1) is 175 Å². The fourth-order valence-electron chi connectivity index (χ4n) is 12.6. The van der Waals surface area contributed by atoms with E-state index in [4.69, 9.17) is 4.99 Å². The molecule has 0 radical (unpaired) electrons. The van der Waals surface area contributed by atoms with Crippen LogP contribution in [-0.4, -0.2) is 31.8 Å². The van der Waals surface area contributed by atoms with Crippen molar-refractivity contribution < 1.29 is 132 Å². The Labute approximate surface area is 598 Å². The minimum Gasteiger partial charge on any atom is -0.372 e. The monoisotopic (exact) mass is 1570 g/mol. The van der Waals surface area contributed by atoms with E-state index in [0.717, 1.165) is 0 Å². The summed E-state index contributed by atoms with van der Waals surface area (Å²) in [6, 6.07) is 1.18. The molecule has 592 valence electrons. The Hall–Kier alpha value is -7.18. The van der Waals surface area contributed by atoms with Gasteiger partial charge in [0, 0.05) is 38.8 Å². The Bertz CT molecular complexity index is 3290.